The topological polar surface area (TPSA) is 76.5 Å². The van der Waals surface area contributed by atoms with Crippen LogP contribution in [0.1, 0.15) is 42.5 Å². The monoisotopic (exact) mass is 518 g/mol. The van der Waals surface area contributed by atoms with Crippen molar-refractivity contribution in [3.8, 4) is 5.69 Å². The molecule has 3 heterocycles. The number of rotatable bonds is 4. The molecule has 1 aromatic carbocycles. The summed E-state index contributed by atoms with van der Waals surface area (Å²) in [6.45, 7) is 2.37. The van der Waals surface area contributed by atoms with Gasteiger partial charge >= 0.3 is 0 Å². The molecule has 1 N–H and O–H groups in total. The van der Waals surface area contributed by atoms with Gasteiger partial charge in [-0.15, -0.1) is 0 Å². The minimum Gasteiger partial charge on any atom is -0.378 e. The van der Waals surface area contributed by atoms with Gasteiger partial charge in [0.05, 0.1) is 24.3 Å². The zero-order valence-electron chi connectivity index (χ0n) is 20.9. The molecule has 9 heteroatoms. The number of morpholine rings is 1. The summed E-state index contributed by atoms with van der Waals surface area (Å²) < 4.78 is 35.6. The van der Waals surface area contributed by atoms with Crippen LogP contribution in [0.25, 0.3) is 16.7 Å². The molecular formula is C29H28F2N4O3. The van der Waals surface area contributed by atoms with Gasteiger partial charge in [0.1, 0.15) is 23.0 Å². The van der Waals surface area contributed by atoms with E-state index in [1.165, 1.54) is 41.7 Å². The van der Waals surface area contributed by atoms with Crippen molar-refractivity contribution in [3.05, 3.63) is 75.2 Å². The summed E-state index contributed by atoms with van der Waals surface area (Å²) >= 11 is 0. The summed E-state index contributed by atoms with van der Waals surface area (Å²) in [6.07, 6.45) is 6.73. The molecule has 3 atom stereocenters. The molecule has 1 amide bonds. The Morgan fingerprint density at radius 2 is 1.95 bits per heavy atom. The molecule has 1 saturated heterocycles. The molecule has 2 saturated carbocycles. The molecule has 38 heavy (non-hydrogen) atoms. The number of ether oxygens (including phenoxy) is 1. The second-order valence-corrected chi connectivity index (χ2v) is 10.9. The van der Waals surface area contributed by atoms with E-state index in [1.54, 1.807) is 12.1 Å². The molecule has 3 fully saturated rings. The van der Waals surface area contributed by atoms with Crippen molar-refractivity contribution in [1.82, 2.24) is 14.9 Å². The number of aromatic nitrogens is 2. The predicted octanol–water partition coefficient (Wildman–Crippen LogP) is 4.32. The molecule has 2 aromatic heterocycles. The number of anilines is 1. The standard InChI is InChI=1S/C29H28F2N4O3/c30-18-2-5-25(23(31)14-18)35-15-22(29(37)32-24-13-16-11-17-1-3-19(24)21(17)12-16)27(36)20-4-6-26(33-28(20)35)34-7-9-38-10-8-34/h2,4-6,14-17,21H,1,3,7-13H2,(H,32,37). The predicted molar refractivity (Wildman–Crippen MR) is 138 cm³/mol. The van der Waals surface area contributed by atoms with Gasteiger partial charge in [-0.25, -0.2) is 13.8 Å². The first-order valence-corrected chi connectivity index (χ1v) is 13.3. The Kier molecular flexibility index (Phi) is 5.58. The number of carbonyl (C=O) groups excluding carboxylic acids is 1. The zero-order valence-corrected chi connectivity index (χ0v) is 20.9. The average Bonchev–Trinajstić information content (AvgIpc) is 3.47. The van der Waals surface area contributed by atoms with Gasteiger partial charge in [0.15, 0.2) is 5.65 Å². The normalized spacial score (nSPS) is 24.4. The molecular weight excluding hydrogens is 490 g/mol. The number of halogens is 2. The fourth-order valence-electron chi connectivity index (χ4n) is 6.99. The van der Waals surface area contributed by atoms with Crippen molar-refractivity contribution < 1.29 is 18.3 Å². The first kappa shape index (κ1) is 23.5. The Morgan fingerprint density at radius 1 is 1.11 bits per heavy atom. The molecule has 196 valence electrons. The molecule has 1 aliphatic heterocycles. The van der Waals surface area contributed by atoms with Crippen LogP contribution in [-0.4, -0.2) is 41.8 Å². The number of fused-ring (bicyclic) bond motifs is 2. The molecule has 7 rings (SSSR count). The maximum atomic E-state index is 15.0. The Morgan fingerprint density at radius 3 is 2.76 bits per heavy atom. The number of nitrogens with one attached hydrogen (secondary N) is 1. The number of hydrogen-bond acceptors (Lipinski definition) is 5. The van der Waals surface area contributed by atoms with E-state index in [9.17, 15) is 14.0 Å². The summed E-state index contributed by atoms with van der Waals surface area (Å²) in [4.78, 5) is 33.9. The Balaban J connectivity index is 1.34. The molecule has 3 aliphatic carbocycles. The van der Waals surface area contributed by atoms with Crippen LogP contribution >= 0.6 is 0 Å². The van der Waals surface area contributed by atoms with Crippen molar-refractivity contribution in [2.45, 2.75) is 32.1 Å². The highest BCUT2D eigenvalue weighted by molar-refractivity contribution is 5.98. The van der Waals surface area contributed by atoms with Crippen molar-refractivity contribution in [2.24, 2.45) is 17.8 Å². The van der Waals surface area contributed by atoms with Gasteiger partial charge in [-0.05, 0) is 79.7 Å². The smallest absolute Gasteiger partial charge is 0.260 e. The zero-order chi connectivity index (χ0) is 26.0. The van der Waals surface area contributed by atoms with Crippen LogP contribution in [0.3, 0.4) is 0 Å². The number of pyridine rings is 2. The number of hydrogen-bond donors (Lipinski definition) is 1. The van der Waals surface area contributed by atoms with Crippen LogP contribution in [0.2, 0.25) is 0 Å². The van der Waals surface area contributed by atoms with Gasteiger partial charge < -0.3 is 15.0 Å². The minimum absolute atomic E-state index is 0.00783. The Hall–Kier alpha value is -3.59. The third-order valence-corrected chi connectivity index (χ3v) is 8.75. The van der Waals surface area contributed by atoms with Crippen LogP contribution in [0, 0.1) is 29.4 Å². The Bertz CT molecular complexity index is 1560. The third-order valence-electron chi connectivity index (χ3n) is 8.75. The van der Waals surface area contributed by atoms with E-state index in [0.717, 1.165) is 36.6 Å². The number of carbonyl (C=O) groups is 1. The molecule has 0 radical (unpaired) electrons. The number of amides is 1. The van der Waals surface area contributed by atoms with E-state index >= 15 is 4.39 Å². The Labute approximate surface area is 218 Å². The van der Waals surface area contributed by atoms with Crippen molar-refractivity contribution in [1.29, 1.82) is 0 Å². The highest BCUT2D eigenvalue weighted by Gasteiger charge is 2.45. The van der Waals surface area contributed by atoms with E-state index in [-0.39, 0.29) is 22.3 Å². The minimum atomic E-state index is -0.814. The fraction of sp³-hybridized carbons (Fsp3) is 0.414. The van der Waals surface area contributed by atoms with Crippen molar-refractivity contribution >= 4 is 22.8 Å². The highest BCUT2D eigenvalue weighted by atomic mass is 19.1. The van der Waals surface area contributed by atoms with E-state index < -0.39 is 23.0 Å². The number of benzene rings is 1. The summed E-state index contributed by atoms with van der Waals surface area (Å²) in [5.41, 5.74) is 1.94. The van der Waals surface area contributed by atoms with E-state index in [0.29, 0.717) is 44.0 Å². The van der Waals surface area contributed by atoms with Crippen molar-refractivity contribution in [3.63, 3.8) is 0 Å². The second-order valence-electron chi connectivity index (χ2n) is 10.9. The van der Waals surface area contributed by atoms with E-state index in [1.807, 2.05) is 4.90 Å². The van der Waals surface area contributed by atoms with Crippen LogP contribution < -0.4 is 15.6 Å². The van der Waals surface area contributed by atoms with E-state index in [2.05, 4.69) is 5.32 Å². The molecule has 4 aliphatic rings. The lowest BCUT2D eigenvalue weighted by molar-refractivity contribution is 0.0960. The SMILES string of the molecule is O=C(NC1=C2CCC3CC(C1)CC23)c1cn(-c2ccc(F)cc2F)c2nc(N3CCOCC3)ccc2c1=O. The first-order chi connectivity index (χ1) is 18.5. The number of nitrogens with zero attached hydrogens (tertiary/aromatic N) is 3. The average molecular weight is 519 g/mol. The fourth-order valence-corrected chi connectivity index (χ4v) is 6.99. The van der Waals surface area contributed by atoms with Crippen LogP contribution in [0.4, 0.5) is 14.6 Å². The molecule has 7 nitrogen and oxygen atoms in total. The molecule has 2 bridgehead atoms. The third kappa shape index (κ3) is 3.83. The first-order valence-electron chi connectivity index (χ1n) is 13.3. The molecule has 3 aromatic rings. The van der Waals surface area contributed by atoms with Crippen LogP contribution in [0.5, 0.6) is 0 Å². The van der Waals surface area contributed by atoms with Gasteiger partial charge in [-0.1, -0.05) is 0 Å². The summed E-state index contributed by atoms with van der Waals surface area (Å²) in [7, 11) is 0. The van der Waals surface area contributed by atoms with Gasteiger partial charge in [0.2, 0.25) is 5.43 Å². The lowest BCUT2D eigenvalue weighted by Gasteiger charge is -2.28. The maximum absolute atomic E-state index is 15.0. The van der Waals surface area contributed by atoms with Crippen molar-refractivity contribution in [2.75, 3.05) is 31.2 Å². The molecule has 0 spiro atoms. The van der Waals surface area contributed by atoms with Gasteiger partial charge in [-0.2, -0.15) is 0 Å². The van der Waals surface area contributed by atoms with Crippen LogP contribution in [-0.2, 0) is 4.74 Å². The largest absolute Gasteiger partial charge is 0.378 e. The lowest BCUT2D eigenvalue weighted by atomic mass is 9.86. The number of allylic oxidation sites excluding steroid dienone is 2. The lowest BCUT2D eigenvalue weighted by Crippen LogP contribution is -2.37. The maximum Gasteiger partial charge on any atom is 0.260 e. The highest BCUT2D eigenvalue weighted by Crippen LogP contribution is 2.55. The summed E-state index contributed by atoms with van der Waals surface area (Å²) in [5.74, 6) is 0.432. The summed E-state index contributed by atoms with van der Waals surface area (Å²) in [6, 6.07) is 6.60. The van der Waals surface area contributed by atoms with Gasteiger partial charge in [0.25, 0.3) is 5.91 Å². The summed E-state index contributed by atoms with van der Waals surface area (Å²) in [5, 5.41) is 3.26. The van der Waals surface area contributed by atoms with Crippen LogP contribution in [0.15, 0.2) is 52.6 Å². The van der Waals surface area contributed by atoms with Gasteiger partial charge in [0, 0.05) is 31.0 Å². The quantitative estimate of drug-likeness (QED) is 0.557. The van der Waals surface area contributed by atoms with Gasteiger partial charge in [-0.3, -0.25) is 14.2 Å². The van der Waals surface area contributed by atoms with E-state index in [4.69, 9.17) is 9.72 Å². The molecule has 3 unspecified atom stereocenters. The second kappa shape index (κ2) is 9.01.